The number of carbonyl (C=O) groups is 1. The summed E-state index contributed by atoms with van der Waals surface area (Å²) >= 11 is 0. The van der Waals surface area contributed by atoms with Gasteiger partial charge in [-0.3, -0.25) is 4.79 Å². The maximum absolute atomic E-state index is 13.1. The van der Waals surface area contributed by atoms with Crippen LogP contribution in [-0.2, 0) is 11.2 Å². The third kappa shape index (κ3) is 3.13. The number of nitrogens with one attached hydrogen (secondary N) is 1. The number of Topliss-reactive ketones (excluding diaryl/α,β-unsaturated/α-hetero) is 1. The summed E-state index contributed by atoms with van der Waals surface area (Å²) in [5, 5.41) is 3.23. The molecule has 92 valence electrons. The van der Waals surface area contributed by atoms with E-state index in [0.717, 1.165) is 36.9 Å². The molecule has 1 atom stereocenters. The average molecular weight is 235 g/mol. The Kier molecular flexibility index (Phi) is 3.89. The minimum absolute atomic E-state index is 0.0357. The Balaban J connectivity index is 2.04. The Morgan fingerprint density at radius 2 is 2.29 bits per heavy atom. The zero-order chi connectivity index (χ0) is 12.3. The van der Waals surface area contributed by atoms with E-state index in [2.05, 4.69) is 5.32 Å². The van der Waals surface area contributed by atoms with Crippen LogP contribution < -0.4 is 5.32 Å². The van der Waals surface area contributed by atoms with Gasteiger partial charge in [0.25, 0.3) is 0 Å². The molecule has 1 aromatic carbocycles. The summed E-state index contributed by atoms with van der Waals surface area (Å²) in [4.78, 5) is 12.0. The van der Waals surface area contributed by atoms with Gasteiger partial charge in [-0.2, -0.15) is 0 Å². The highest BCUT2D eigenvalue weighted by Crippen LogP contribution is 2.14. The standard InChI is InChI=1S/C14H18FNO/c1-10-5-6-12(15)8-11(10)9-14(17)13-4-2-3-7-16-13/h5-6,8,13,16H,2-4,7,9H2,1H3. The van der Waals surface area contributed by atoms with Crippen LogP contribution in [0, 0.1) is 12.7 Å². The first-order chi connectivity index (χ1) is 8.16. The molecule has 1 aliphatic rings. The van der Waals surface area contributed by atoms with Crippen molar-refractivity contribution < 1.29 is 9.18 Å². The lowest BCUT2D eigenvalue weighted by molar-refractivity contribution is -0.120. The van der Waals surface area contributed by atoms with Gasteiger partial charge in [-0.1, -0.05) is 12.5 Å². The Morgan fingerprint density at radius 3 is 3.00 bits per heavy atom. The molecule has 0 saturated carbocycles. The van der Waals surface area contributed by atoms with Crippen LogP contribution in [0.5, 0.6) is 0 Å². The molecule has 1 heterocycles. The molecular weight excluding hydrogens is 217 g/mol. The second-order valence-electron chi connectivity index (χ2n) is 4.72. The van der Waals surface area contributed by atoms with Gasteiger partial charge < -0.3 is 5.32 Å². The molecule has 3 heteroatoms. The van der Waals surface area contributed by atoms with Gasteiger partial charge in [0.05, 0.1) is 6.04 Å². The van der Waals surface area contributed by atoms with Crippen molar-refractivity contribution in [2.45, 2.75) is 38.6 Å². The van der Waals surface area contributed by atoms with Crippen LogP contribution >= 0.6 is 0 Å². The van der Waals surface area contributed by atoms with Crippen LogP contribution in [0.15, 0.2) is 18.2 Å². The van der Waals surface area contributed by atoms with Gasteiger partial charge in [-0.25, -0.2) is 4.39 Å². The highest BCUT2D eigenvalue weighted by atomic mass is 19.1. The Hall–Kier alpha value is -1.22. The summed E-state index contributed by atoms with van der Waals surface area (Å²) < 4.78 is 13.1. The van der Waals surface area contributed by atoms with Gasteiger partial charge in [0, 0.05) is 6.42 Å². The molecule has 1 aromatic rings. The van der Waals surface area contributed by atoms with Gasteiger partial charge in [0.15, 0.2) is 5.78 Å². The smallest absolute Gasteiger partial charge is 0.154 e. The third-order valence-electron chi connectivity index (χ3n) is 3.37. The fourth-order valence-electron chi connectivity index (χ4n) is 2.27. The first kappa shape index (κ1) is 12.2. The highest BCUT2D eigenvalue weighted by Gasteiger charge is 2.20. The van der Waals surface area contributed by atoms with Crippen molar-refractivity contribution >= 4 is 5.78 Å². The van der Waals surface area contributed by atoms with E-state index in [1.165, 1.54) is 12.1 Å². The molecule has 1 aliphatic heterocycles. The molecule has 17 heavy (non-hydrogen) atoms. The largest absolute Gasteiger partial charge is 0.307 e. The van der Waals surface area contributed by atoms with Gasteiger partial charge in [0.1, 0.15) is 5.82 Å². The van der Waals surface area contributed by atoms with Crippen molar-refractivity contribution in [2.75, 3.05) is 6.54 Å². The lowest BCUT2D eigenvalue weighted by Crippen LogP contribution is -2.41. The topological polar surface area (TPSA) is 29.1 Å². The molecule has 1 N–H and O–H groups in total. The first-order valence-corrected chi connectivity index (χ1v) is 6.18. The fraction of sp³-hybridized carbons (Fsp3) is 0.500. The zero-order valence-electron chi connectivity index (χ0n) is 10.1. The first-order valence-electron chi connectivity index (χ1n) is 6.18. The monoisotopic (exact) mass is 235 g/mol. The molecule has 2 nitrogen and oxygen atoms in total. The second kappa shape index (κ2) is 5.41. The van der Waals surface area contributed by atoms with E-state index in [1.54, 1.807) is 6.07 Å². The summed E-state index contributed by atoms with van der Waals surface area (Å²) in [5.74, 6) is -0.0894. The van der Waals surface area contributed by atoms with Crippen LogP contribution in [0.3, 0.4) is 0 Å². The third-order valence-corrected chi connectivity index (χ3v) is 3.37. The normalized spacial score (nSPS) is 20.2. The number of benzene rings is 1. The van der Waals surface area contributed by atoms with Crippen molar-refractivity contribution in [3.8, 4) is 0 Å². The van der Waals surface area contributed by atoms with Crippen LogP contribution in [0.2, 0.25) is 0 Å². The summed E-state index contributed by atoms with van der Waals surface area (Å²) in [6, 6.07) is 4.59. The Labute approximate surface area is 101 Å². The molecule has 1 unspecified atom stereocenters. The van der Waals surface area contributed by atoms with Crippen molar-refractivity contribution in [3.05, 3.63) is 35.1 Å². The van der Waals surface area contributed by atoms with Crippen LogP contribution in [-0.4, -0.2) is 18.4 Å². The number of hydrogen-bond acceptors (Lipinski definition) is 2. The maximum Gasteiger partial charge on any atom is 0.154 e. The Bertz CT molecular complexity index is 411. The van der Waals surface area contributed by atoms with Crippen LogP contribution in [0.4, 0.5) is 4.39 Å². The number of piperidine rings is 1. The van der Waals surface area contributed by atoms with E-state index in [4.69, 9.17) is 0 Å². The number of ketones is 1. The summed E-state index contributed by atoms with van der Waals surface area (Å²) in [5.41, 5.74) is 1.79. The number of rotatable bonds is 3. The predicted octanol–water partition coefficient (Wildman–Crippen LogP) is 2.39. The number of hydrogen-bond donors (Lipinski definition) is 1. The lowest BCUT2D eigenvalue weighted by Gasteiger charge is -2.22. The van der Waals surface area contributed by atoms with Crippen molar-refractivity contribution in [2.24, 2.45) is 0 Å². The average Bonchev–Trinajstić information content (AvgIpc) is 2.35. The minimum Gasteiger partial charge on any atom is -0.307 e. The number of aryl methyl sites for hydroxylation is 1. The Morgan fingerprint density at radius 1 is 1.47 bits per heavy atom. The quantitative estimate of drug-likeness (QED) is 0.871. The maximum atomic E-state index is 13.1. The number of halogens is 1. The molecule has 0 spiro atoms. The summed E-state index contributed by atoms with van der Waals surface area (Å²) in [7, 11) is 0. The van der Waals surface area contributed by atoms with Crippen molar-refractivity contribution in [3.63, 3.8) is 0 Å². The lowest BCUT2D eigenvalue weighted by atomic mass is 9.95. The molecule has 1 fully saturated rings. The van der Waals surface area contributed by atoms with E-state index in [-0.39, 0.29) is 17.6 Å². The summed E-state index contributed by atoms with van der Waals surface area (Å²) in [6.07, 6.45) is 3.49. The highest BCUT2D eigenvalue weighted by molar-refractivity contribution is 5.86. The van der Waals surface area contributed by atoms with Gasteiger partial charge in [-0.05, 0) is 49.6 Å². The van der Waals surface area contributed by atoms with E-state index < -0.39 is 0 Å². The SMILES string of the molecule is Cc1ccc(F)cc1CC(=O)C1CCCCN1. The molecular formula is C14H18FNO. The van der Waals surface area contributed by atoms with Crippen LogP contribution in [0.25, 0.3) is 0 Å². The van der Waals surface area contributed by atoms with Crippen molar-refractivity contribution in [1.82, 2.24) is 5.32 Å². The molecule has 0 aromatic heterocycles. The predicted molar refractivity (Wildman–Crippen MR) is 65.5 cm³/mol. The molecule has 2 rings (SSSR count). The van der Waals surface area contributed by atoms with E-state index >= 15 is 0 Å². The van der Waals surface area contributed by atoms with Crippen molar-refractivity contribution in [1.29, 1.82) is 0 Å². The second-order valence-corrected chi connectivity index (χ2v) is 4.72. The molecule has 0 aliphatic carbocycles. The molecule has 0 radical (unpaired) electrons. The number of carbonyl (C=O) groups excluding carboxylic acids is 1. The van der Waals surface area contributed by atoms with E-state index in [9.17, 15) is 9.18 Å². The summed E-state index contributed by atoms with van der Waals surface area (Å²) in [6.45, 7) is 2.83. The minimum atomic E-state index is -0.269. The van der Waals surface area contributed by atoms with Gasteiger partial charge >= 0.3 is 0 Å². The molecule has 0 amide bonds. The van der Waals surface area contributed by atoms with Crippen LogP contribution in [0.1, 0.15) is 30.4 Å². The zero-order valence-corrected chi connectivity index (χ0v) is 10.1. The van der Waals surface area contributed by atoms with E-state index in [1.807, 2.05) is 6.92 Å². The van der Waals surface area contributed by atoms with Gasteiger partial charge in [0.2, 0.25) is 0 Å². The van der Waals surface area contributed by atoms with Gasteiger partial charge in [-0.15, -0.1) is 0 Å². The fourth-order valence-corrected chi connectivity index (χ4v) is 2.27. The molecule has 0 bridgehead atoms. The van der Waals surface area contributed by atoms with E-state index in [0.29, 0.717) is 6.42 Å². The molecule has 1 saturated heterocycles.